The lowest BCUT2D eigenvalue weighted by molar-refractivity contribution is -0.119. The van der Waals surface area contributed by atoms with Gasteiger partial charge in [-0.05, 0) is 24.3 Å². The third kappa shape index (κ3) is 2.30. The molecule has 0 atom stereocenters. The smallest absolute Gasteiger partial charge is 0.244 e. The Morgan fingerprint density at radius 2 is 1.56 bits per heavy atom. The van der Waals surface area contributed by atoms with Crippen LogP contribution < -0.4 is 15.0 Å². The van der Waals surface area contributed by atoms with Crippen molar-refractivity contribution in [2.24, 2.45) is 0 Å². The van der Waals surface area contributed by atoms with E-state index in [0.29, 0.717) is 22.6 Å². The first kappa shape index (κ1) is 15.1. The Morgan fingerprint density at radius 1 is 0.920 bits per heavy atom. The number of nitrogens with zero attached hydrogens (tertiary/aromatic N) is 1. The number of hydrogen-bond donors (Lipinski definition) is 1. The second kappa shape index (κ2) is 5.59. The first-order chi connectivity index (χ1) is 12.1. The van der Waals surface area contributed by atoms with Gasteiger partial charge in [-0.1, -0.05) is 24.3 Å². The minimum Gasteiger partial charge on any atom is -0.497 e. The van der Waals surface area contributed by atoms with Crippen molar-refractivity contribution in [1.82, 2.24) is 5.32 Å². The van der Waals surface area contributed by atoms with Crippen LogP contribution in [0.2, 0.25) is 0 Å². The summed E-state index contributed by atoms with van der Waals surface area (Å²) in [6.45, 7) is -0.0354. The molecule has 0 unspecified atom stereocenters. The molecule has 1 amide bonds. The molecular formula is C19H14N2O4. The van der Waals surface area contributed by atoms with Crippen molar-refractivity contribution < 1.29 is 19.1 Å². The SMILES string of the molecule is COc1ccc(N2CC(=O)NC3=C2C(=O)c2ccccc2C3=O)cc1. The molecule has 124 valence electrons. The second-order valence-electron chi connectivity index (χ2n) is 5.76. The molecule has 1 heterocycles. The van der Waals surface area contributed by atoms with Crippen LogP contribution in [0.3, 0.4) is 0 Å². The highest BCUT2D eigenvalue weighted by Gasteiger charge is 2.39. The van der Waals surface area contributed by atoms with Crippen molar-refractivity contribution in [3.63, 3.8) is 0 Å². The minimum atomic E-state index is -0.350. The number of Topliss-reactive ketones (excluding diaryl/α,β-unsaturated/α-hetero) is 2. The molecule has 2 aromatic rings. The van der Waals surface area contributed by atoms with Crippen LogP contribution >= 0.6 is 0 Å². The maximum absolute atomic E-state index is 13.0. The summed E-state index contributed by atoms with van der Waals surface area (Å²) in [6, 6.07) is 13.6. The van der Waals surface area contributed by atoms with Crippen LogP contribution in [-0.2, 0) is 4.79 Å². The standard InChI is InChI=1S/C19H14N2O4/c1-25-12-8-6-11(7-9-12)21-10-15(22)20-16-17(21)19(24)14-5-3-2-4-13(14)18(16)23/h2-9H,10H2,1H3,(H,20,22). The predicted octanol–water partition coefficient (Wildman–Crippen LogP) is 1.92. The number of carbonyl (C=O) groups is 3. The number of nitrogens with one attached hydrogen (secondary N) is 1. The number of allylic oxidation sites excluding steroid dienone is 2. The van der Waals surface area contributed by atoms with Crippen LogP contribution in [0.4, 0.5) is 5.69 Å². The Bertz CT molecular complexity index is 944. The quantitative estimate of drug-likeness (QED) is 0.908. The van der Waals surface area contributed by atoms with Crippen molar-refractivity contribution in [3.05, 3.63) is 71.1 Å². The number of ether oxygens (including phenoxy) is 1. The van der Waals surface area contributed by atoms with Crippen molar-refractivity contribution in [1.29, 1.82) is 0 Å². The van der Waals surface area contributed by atoms with Crippen molar-refractivity contribution in [2.75, 3.05) is 18.6 Å². The van der Waals surface area contributed by atoms with Gasteiger partial charge in [-0.3, -0.25) is 14.4 Å². The number of ketones is 2. The number of carbonyl (C=O) groups excluding carboxylic acids is 3. The summed E-state index contributed by atoms with van der Waals surface area (Å²) in [7, 11) is 1.56. The zero-order valence-corrected chi connectivity index (χ0v) is 13.4. The van der Waals surface area contributed by atoms with E-state index in [2.05, 4.69) is 5.32 Å². The van der Waals surface area contributed by atoms with Gasteiger partial charge in [0.2, 0.25) is 17.5 Å². The van der Waals surface area contributed by atoms with Crippen LogP contribution in [0.1, 0.15) is 20.7 Å². The molecule has 0 radical (unpaired) electrons. The monoisotopic (exact) mass is 334 g/mol. The maximum atomic E-state index is 13.0. The van der Waals surface area contributed by atoms with E-state index in [1.807, 2.05) is 0 Å². The fourth-order valence-corrected chi connectivity index (χ4v) is 3.12. The van der Waals surface area contributed by atoms with Crippen LogP contribution in [0.25, 0.3) is 0 Å². The van der Waals surface area contributed by atoms with Crippen LogP contribution in [0.15, 0.2) is 59.9 Å². The van der Waals surface area contributed by atoms with Gasteiger partial charge >= 0.3 is 0 Å². The van der Waals surface area contributed by atoms with E-state index in [-0.39, 0.29) is 35.4 Å². The van der Waals surface area contributed by atoms with E-state index in [1.165, 1.54) is 0 Å². The van der Waals surface area contributed by atoms with E-state index >= 15 is 0 Å². The number of benzene rings is 2. The molecular weight excluding hydrogens is 320 g/mol. The number of rotatable bonds is 2. The predicted molar refractivity (Wildman–Crippen MR) is 90.6 cm³/mol. The van der Waals surface area contributed by atoms with Gasteiger partial charge in [0, 0.05) is 16.8 Å². The first-order valence-corrected chi connectivity index (χ1v) is 7.74. The number of hydrogen-bond acceptors (Lipinski definition) is 5. The normalized spacial score (nSPS) is 16.4. The fraction of sp³-hybridized carbons (Fsp3) is 0.105. The number of fused-ring (bicyclic) bond motifs is 1. The van der Waals surface area contributed by atoms with Crippen LogP contribution in [0.5, 0.6) is 5.75 Å². The number of anilines is 1. The first-order valence-electron chi connectivity index (χ1n) is 7.74. The zero-order valence-electron chi connectivity index (χ0n) is 13.4. The van der Waals surface area contributed by atoms with Gasteiger partial charge in [0.15, 0.2) is 0 Å². The van der Waals surface area contributed by atoms with Gasteiger partial charge in [-0.25, -0.2) is 0 Å². The highest BCUT2D eigenvalue weighted by molar-refractivity contribution is 6.29. The van der Waals surface area contributed by atoms with Gasteiger partial charge in [0.1, 0.15) is 23.7 Å². The third-order valence-corrected chi connectivity index (χ3v) is 4.32. The van der Waals surface area contributed by atoms with Gasteiger partial charge in [-0.2, -0.15) is 0 Å². The van der Waals surface area contributed by atoms with Crippen molar-refractivity contribution >= 4 is 23.2 Å². The average molecular weight is 334 g/mol. The molecule has 0 aromatic heterocycles. The molecule has 2 aromatic carbocycles. The Labute approximate surface area is 143 Å². The zero-order chi connectivity index (χ0) is 17.6. The Morgan fingerprint density at radius 3 is 2.20 bits per heavy atom. The van der Waals surface area contributed by atoms with E-state index < -0.39 is 0 Å². The number of amides is 1. The molecule has 4 rings (SSSR count). The molecule has 1 aliphatic heterocycles. The second-order valence-corrected chi connectivity index (χ2v) is 5.76. The lowest BCUT2D eigenvalue weighted by Crippen LogP contribution is -2.49. The third-order valence-electron chi connectivity index (χ3n) is 4.32. The molecule has 6 nitrogen and oxygen atoms in total. The summed E-state index contributed by atoms with van der Waals surface area (Å²) >= 11 is 0. The molecule has 0 fully saturated rings. The average Bonchev–Trinajstić information content (AvgIpc) is 2.65. The Hall–Kier alpha value is -3.41. The van der Waals surface area contributed by atoms with E-state index in [0.717, 1.165) is 0 Å². The van der Waals surface area contributed by atoms with E-state index in [4.69, 9.17) is 4.74 Å². The fourth-order valence-electron chi connectivity index (χ4n) is 3.12. The minimum absolute atomic E-state index is 0.0354. The van der Waals surface area contributed by atoms with Gasteiger partial charge < -0.3 is 15.0 Å². The molecule has 0 saturated carbocycles. The van der Waals surface area contributed by atoms with Gasteiger partial charge in [-0.15, -0.1) is 0 Å². The summed E-state index contributed by atoms with van der Waals surface area (Å²) in [5.41, 5.74) is 1.54. The molecule has 25 heavy (non-hydrogen) atoms. The molecule has 1 aliphatic carbocycles. The maximum Gasteiger partial charge on any atom is 0.244 e. The lowest BCUT2D eigenvalue weighted by Gasteiger charge is -2.34. The largest absolute Gasteiger partial charge is 0.497 e. The van der Waals surface area contributed by atoms with E-state index in [1.54, 1.807) is 60.5 Å². The molecule has 1 N–H and O–H groups in total. The van der Waals surface area contributed by atoms with Crippen molar-refractivity contribution in [3.8, 4) is 5.75 Å². The summed E-state index contributed by atoms with van der Waals surface area (Å²) < 4.78 is 5.14. The van der Waals surface area contributed by atoms with Crippen LogP contribution in [0, 0.1) is 0 Å². The topological polar surface area (TPSA) is 75.7 Å². The number of methoxy groups -OCH3 is 1. The van der Waals surface area contributed by atoms with Crippen LogP contribution in [-0.4, -0.2) is 31.1 Å². The molecule has 2 aliphatic rings. The molecule has 6 heteroatoms. The lowest BCUT2D eigenvalue weighted by atomic mass is 9.88. The van der Waals surface area contributed by atoms with Gasteiger partial charge in [0.05, 0.1) is 7.11 Å². The summed E-state index contributed by atoms with van der Waals surface area (Å²) in [5.74, 6) is -0.302. The molecule has 0 spiro atoms. The van der Waals surface area contributed by atoms with E-state index in [9.17, 15) is 14.4 Å². The molecule has 0 saturated heterocycles. The highest BCUT2D eigenvalue weighted by atomic mass is 16.5. The Balaban J connectivity index is 1.86. The van der Waals surface area contributed by atoms with Gasteiger partial charge in [0.25, 0.3) is 0 Å². The summed E-state index contributed by atoms with van der Waals surface area (Å²) in [6.07, 6.45) is 0. The summed E-state index contributed by atoms with van der Waals surface area (Å²) in [4.78, 5) is 39.4. The highest BCUT2D eigenvalue weighted by Crippen LogP contribution is 2.32. The van der Waals surface area contributed by atoms with Crippen molar-refractivity contribution in [2.45, 2.75) is 0 Å². The molecule has 0 bridgehead atoms. The Kier molecular flexibility index (Phi) is 3.39. The summed E-state index contributed by atoms with van der Waals surface area (Å²) in [5, 5.41) is 2.57.